The summed E-state index contributed by atoms with van der Waals surface area (Å²) in [6.07, 6.45) is 2.49. The van der Waals surface area contributed by atoms with Crippen molar-refractivity contribution in [2.45, 2.75) is 66.4 Å². The van der Waals surface area contributed by atoms with Gasteiger partial charge in [-0.2, -0.15) is 0 Å². The highest BCUT2D eigenvalue weighted by molar-refractivity contribution is 5.75. The molecule has 0 aromatic heterocycles. The van der Waals surface area contributed by atoms with Crippen LogP contribution in [0.25, 0.3) is 0 Å². The molecular formula is C14H29NO2. The summed E-state index contributed by atoms with van der Waals surface area (Å²) in [5, 5.41) is 12.8. The number of carbonyl (C=O) groups is 1. The van der Waals surface area contributed by atoms with E-state index < -0.39 is 5.60 Å². The highest BCUT2D eigenvalue weighted by Gasteiger charge is 2.25. The third-order valence-electron chi connectivity index (χ3n) is 3.22. The smallest absolute Gasteiger partial charge is 0.220 e. The maximum atomic E-state index is 11.6. The Morgan fingerprint density at radius 1 is 1.24 bits per heavy atom. The lowest BCUT2D eigenvalue weighted by Gasteiger charge is -2.27. The van der Waals surface area contributed by atoms with Gasteiger partial charge in [0.1, 0.15) is 0 Å². The highest BCUT2D eigenvalue weighted by atomic mass is 16.3. The van der Waals surface area contributed by atoms with Crippen LogP contribution < -0.4 is 5.32 Å². The molecule has 2 N–H and O–H groups in total. The Balaban J connectivity index is 3.82. The molecule has 0 bridgehead atoms. The van der Waals surface area contributed by atoms with Crippen LogP contribution in [-0.4, -0.2) is 23.2 Å². The molecule has 17 heavy (non-hydrogen) atoms. The van der Waals surface area contributed by atoms with E-state index in [1.54, 1.807) is 6.92 Å². The quantitative estimate of drug-likeness (QED) is 0.753. The molecule has 1 amide bonds. The zero-order valence-corrected chi connectivity index (χ0v) is 12.3. The molecule has 0 aliphatic heterocycles. The van der Waals surface area contributed by atoms with E-state index in [-0.39, 0.29) is 17.2 Å². The zero-order chi connectivity index (χ0) is 13.7. The summed E-state index contributed by atoms with van der Waals surface area (Å²) in [5.41, 5.74) is -0.538. The van der Waals surface area contributed by atoms with Crippen LogP contribution in [-0.2, 0) is 4.79 Å². The molecule has 0 saturated heterocycles. The molecule has 0 heterocycles. The third-order valence-corrected chi connectivity index (χ3v) is 3.22. The lowest BCUT2D eigenvalue weighted by Crippen LogP contribution is -2.44. The molecule has 0 spiro atoms. The van der Waals surface area contributed by atoms with Gasteiger partial charge in [-0.05, 0) is 31.1 Å². The summed E-state index contributed by atoms with van der Waals surface area (Å²) in [7, 11) is 0. The van der Waals surface area contributed by atoms with Crippen molar-refractivity contribution >= 4 is 5.91 Å². The molecule has 0 radical (unpaired) electrons. The molecule has 0 aromatic carbocycles. The number of carbonyl (C=O) groups excluding carboxylic acids is 1. The normalized spacial score (nSPS) is 15.8. The third kappa shape index (κ3) is 8.19. The molecule has 0 aliphatic carbocycles. The number of aliphatic hydroxyl groups is 1. The van der Waals surface area contributed by atoms with E-state index in [9.17, 15) is 9.90 Å². The van der Waals surface area contributed by atoms with E-state index in [4.69, 9.17) is 0 Å². The zero-order valence-electron chi connectivity index (χ0n) is 12.3. The topological polar surface area (TPSA) is 49.3 Å². The fraction of sp³-hybridized carbons (Fsp3) is 0.929. The van der Waals surface area contributed by atoms with Crippen molar-refractivity contribution in [2.24, 2.45) is 11.3 Å². The second-order valence-corrected chi connectivity index (χ2v) is 6.70. The minimum Gasteiger partial charge on any atom is -0.388 e. The van der Waals surface area contributed by atoms with E-state index >= 15 is 0 Å². The number of nitrogens with one attached hydrogen (secondary N) is 1. The van der Waals surface area contributed by atoms with Crippen molar-refractivity contribution in [2.75, 3.05) is 6.54 Å². The maximum Gasteiger partial charge on any atom is 0.220 e. The standard InChI is InChI=1S/C14H29NO2/c1-11(2)14(6,17)10-15-12(16)8-7-9-13(3,4)5/h11,17H,7-10H2,1-6H3,(H,15,16). The Labute approximate surface area is 106 Å². The molecule has 0 aromatic rings. The second kappa shape index (κ2) is 6.39. The fourth-order valence-corrected chi connectivity index (χ4v) is 1.35. The van der Waals surface area contributed by atoms with Gasteiger partial charge in [-0.1, -0.05) is 34.6 Å². The maximum absolute atomic E-state index is 11.6. The molecular weight excluding hydrogens is 214 g/mol. The minimum atomic E-state index is -0.820. The van der Waals surface area contributed by atoms with Gasteiger partial charge >= 0.3 is 0 Å². The van der Waals surface area contributed by atoms with Gasteiger partial charge in [0, 0.05) is 13.0 Å². The molecule has 102 valence electrons. The predicted octanol–water partition coefficient (Wildman–Crippen LogP) is 2.73. The van der Waals surface area contributed by atoms with E-state index in [2.05, 4.69) is 26.1 Å². The second-order valence-electron chi connectivity index (χ2n) is 6.70. The average Bonchev–Trinajstić information content (AvgIpc) is 2.12. The first kappa shape index (κ1) is 16.4. The SMILES string of the molecule is CC(C)C(C)(O)CNC(=O)CCCC(C)(C)C. The predicted molar refractivity (Wildman–Crippen MR) is 71.8 cm³/mol. The molecule has 1 unspecified atom stereocenters. The van der Waals surface area contributed by atoms with Crippen LogP contribution in [0.15, 0.2) is 0 Å². The average molecular weight is 243 g/mol. The van der Waals surface area contributed by atoms with Crippen molar-refractivity contribution < 1.29 is 9.90 Å². The van der Waals surface area contributed by atoms with Crippen LogP contribution in [0.3, 0.4) is 0 Å². The molecule has 0 rings (SSSR count). The number of amides is 1. The molecule has 1 atom stereocenters. The van der Waals surface area contributed by atoms with E-state index in [0.717, 1.165) is 12.8 Å². The molecule has 0 saturated carbocycles. The van der Waals surface area contributed by atoms with E-state index in [1.807, 2.05) is 13.8 Å². The summed E-state index contributed by atoms with van der Waals surface area (Å²) < 4.78 is 0. The van der Waals surface area contributed by atoms with Crippen LogP contribution in [0.4, 0.5) is 0 Å². The first-order valence-electron chi connectivity index (χ1n) is 6.54. The van der Waals surface area contributed by atoms with E-state index in [1.165, 1.54) is 0 Å². The Kier molecular flexibility index (Phi) is 6.17. The lowest BCUT2D eigenvalue weighted by atomic mass is 9.89. The monoisotopic (exact) mass is 243 g/mol. The Morgan fingerprint density at radius 2 is 1.76 bits per heavy atom. The number of hydrogen-bond acceptors (Lipinski definition) is 2. The van der Waals surface area contributed by atoms with Gasteiger partial charge in [0.05, 0.1) is 5.60 Å². The summed E-state index contributed by atoms with van der Waals surface area (Å²) >= 11 is 0. The molecule has 3 heteroatoms. The van der Waals surface area contributed by atoms with Crippen molar-refractivity contribution in [1.29, 1.82) is 0 Å². The Morgan fingerprint density at radius 3 is 2.18 bits per heavy atom. The Bertz CT molecular complexity index is 239. The van der Waals surface area contributed by atoms with Crippen LogP contribution in [0.1, 0.15) is 60.8 Å². The van der Waals surface area contributed by atoms with Gasteiger partial charge in [-0.25, -0.2) is 0 Å². The van der Waals surface area contributed by atoms with Gasteiger partial charge in [0.2, 0.25) is 5.91 Å². The lowest BCUT2D eigenvalue weighted by molar-refractivity contribution is -0.122. The van der Waals surface area contributed by atoms with Crippen LogP contribution in [0.2, 0.25) is 0 Å². The summed E-state index contributed by atoms with van der Waals surface area (Å²) in [6.45, 7) is 12.5. The van der Waals surface area contributed by atoms with Crippen molar-refractivity contribution in [3.05, 3.63) is 0 Å². The van der Waals surface area contributed by atoms with Crippen LogP contribution in [0.5, 0.6) is 0 Å². The molecule has 0 fully saturated rings. The number of hydrogen-bond donors (Lipinski definition) is 2. The summed E-state index contributed by atoms with van der Waals surface area (Å²) in [4.78, 5) is 11.6. The molecule has 3 nitrogen and oxygen atoms in total. The Hall–Kier alpha value is -0.570. The number of rotatable bonds is 6. The largest absolute Gasteiger partial charge is 0.388 e. The first-order valence-corrected chi connectivity index (χ1v) is 6.54. The van der Waals surface area contributed by atoms with Gasteiger partial charge < -0.3 is 10.4 Å². The van der Waals surface area contributed by atoms with Crippen LogP contribution >= 0.6 is 0 Å². The van der Waals surface area contributed by atoms with Gasteiger partial charge in [-0.15, -0.1) is 0 Å². The van der Waals surface area contributed by atoms with Crippen molar-refractivity contribution in [3.8, 4) is 0 Å². The van der Waals surface area contributed by atoms with Gasteiger partial charge in [0.15, 0.2) is 0 Å². The molecule has 0 aliphatic rings. The van der Waals surface area contributed by atoms with Crippen LogP contribution in [0, 0.1) is 11.3 Å². The summed E-state index contributed by atoms with van der Waals surface area (Å²) in [6, 6.07) is 0. The first-order chi connectivity index (χ1) is 7.54. The van der Waals surface area contributed by atoms with Gasteiger partial charge in [0.25, 0.3) is 0 Å². The minimum absolute atomic E-state index is 0.0372. The van der Waals surface area contributed by atoms with Gasteiger partial charge in [-0.3, -0.25) is 4.79 Å². The fourth-order valence-electron chi connectivity index (χ4n) is 1.35. The van der Waals surface area contributed by atoms with Crippen molar-refractivity contribution in [3.63, 3.8) is 0 Å². The van der Waals surface area contributed by atoms with Crippen molar-refractivity contribution in [1.82, 2.24) is 5.32 Å². The van der Waals surface area contributed by atoms with E-state index in [0.29, 0.717) is 13.0 Å². The highest BCUT2D eigenvalue weighted by Crippen LogP contribution is 2.21. The summed E-state index contributed by atoms with van der Waals surface area (Å²) in [5.74, 6) is 0.174.